The summed E-state index contributed by atoms with van der Waals surface area (Å²) < 4.78 is 5.79. The topological polar surface area (TPSA) is 53.2 Å². The average Bonchev–Trinajstić information content (AvgIpc) is 2.93. The highest BCUT2D eigenvalue weighted by Crippen LogP contribution is 2.67. The van der Waals surface area contributed by atoms with Crippen LogP contribution in [0.3, 0.4) is 0 Å². The Bertz CT molecular complexity index is 593. The molecule has 0 heterocycles. The summed E-state index contributed by atoms with van der Waals surface area (Å²) >= 11 is 0. The Morgan fingerprint density at radius 1 is 1.20 bits per heavy atom. The molecule has 0 aromatic carbocycles. The number of aliphatic hydroxyl groups excluding tert-OH is 1. The third kappa shape index (κ3) is 2.52. The zero-order valence-corrected chi connectivity index (χ0v) is 15.8. The van der Waals surface area contributed by atoms with Crippen LogP contribution in [0, 0.1) is 45.8 Å². The van der Waals surface area contributed by atoms with E-state index >= 15 is 0 Å². The maximum absolute atomic E-state index is 10.2. The van der Waals surface area contributed by atoms with Crippen molar-refractivity contribution >= 4 is 0 Å². The first kappa shape index (κ1) is 17.6. The van der Waals surface area contributed by atoms with Crippen molar-refractivity contribution in [2.24, 2.45) is 34.5 Å². The fourth-order valence-electron chi connectivity index (χ4n) is 7.74. The lowest BCUT2D eigenvalue weighted by Gasteiger charge is -2.61. The van der Waals surface area contributed by atoms with Gasteiger partial charge in [0.05, 0.1) is 18.8 Å². The number of rotatable bonds is 2. The van der Waals surface area contributed by atoms with Crippen molar-refractivity contribution in [3.8, 4) is 6.07 Å². The molecule has 0 spiro atoms. The first-order chi connectivity index (χ1) is 12.0. The molecule has 4 aliphatic carbocycles. The number of aliphatic hydroxyl groups is 1. The van der Waals surface area contributed by atoms with Gasteiger partial charge in [-0.1, -0.05) is 12.5 Å². The van der Waals surface area contributed by atoms with Crippen molar-refractivity contribution in [2.45, 2.75) is 70.8 Å². The molecular weight excluding hydrogens is 310 g/mol. The molecule has 3 nitrogen and oxygen atoms in total. The van der Waals surface area contributed by atoms with Crippen molar-refractivity contribution in [3.05, 3.63) is 11.6 Å². The minimum absolute atomic E-state index is 0.1000. The lowest BCUT2D eigenvalue weighted by Crippen LogP contribution is -2.56. The van der Waals surface area contributed by atoms with Gasteiger partial charge in [0.15, 0.2) is 0 Å². The van der Waals surface area contributed by atoms with E-state index in [1.807, 2.05) is 13.2 Å². The van der Waals surface area contributed by atoms with Gasteiger partial charge in [0.2, 0.25) is 0 Å². The molecule has 3 heteroatoms. The Hall–Kier alpha value is -0.850. The Balaban J connectivity index is 1.66. The minimum Gasteiger partial charge on any atom is -0.393 e. The molecule has 0 aliphatic heterocycles. The SMILES string of the molecule is COC[C@]12CC[C@@H](O)C[C@@H]1CC[C@@H]1[C@@H]2CC[C@]2(C)/C(=C\C#N)CC[C@@H]12. The summed E-state index contributed by atoms with van der Waals surface area (Å²) in [4.78, 5) is 0. The molecule has 7 atom stereocenters. The number of nitriles is 1. The van der Waals surface area contributed by atoms with E-state index < -0.39 is 0 Å². The van der Waals surface area contributed by atoms with Crippen LogP contribution in [0.15, 0.2) is 11.6 Å². The molecule has 0 saturated heterocycles. The molecule has 4 aliphatic rings. The first-order valence-corrected chi connectivity index (χ1v) is 10.3. The summed E-state index contributed by atoms with van der Waals surface area (Å²) in [5.41, 5.74) is 1.96. The van der Waals surface area contributed by atoms with Crippen LogP contribution < -0.4 is 0 Å². The van der Waals surface area contributed by atoms with Crippen LogP contribution in [-0.2, 0) is 4.74 Å². The molecule has 1 N–H and O–H groups in total. The van der Waals surface area contributed by atoms with E-state index in [1.54, 1.807) is 0 Å². The van der Waals surface area contributed by atoms with Gasteiger partial charge in [-0.2, -0.15) is 5.26 Å². The third-order valence-electron chi connectivity index (χ3n) is 8.84. The molecule has 0 unspecified atom stereocenters. The van der Waals surface area contributed by atoms with E-state index in [9.17, 15) is 10.4 Å². The van der Waals surface area contributed by atoms with E-state index in [0.29, 0.717) is 11.3 Å². The molecular formula is C22H33NO2. The molecule has 0 radical (unpaired) electrons. The van der Waals surface area contributed by atoms with Crippen molar-refractivity contribution < 1.29 is 9.84 Å². The summed E-state index contributed by atoms with van der Waals surface area (Å²) in [6.07, 6.45) is 12.3. The highest BCUT2D eigenvalue weighted by molar-refractivity contribution is 5.28. The monoisotopic (exact) mass is 343 g/mol. The average molecular weight is 344 g/mol. The fraction of sp³-hybridized carbons (Fsp3) is 0.864. The molecule has 4 saturated carbocycles. The second kappa shape index (κ2) is 6.39. The van der Waals surface area contributed by atoms with Crippen LogP contribution in [-0.4, -0.2) is 24.9 Å². The summed E-state index contributed by atoms with van der Waals surface area (Å²) in [6, 6.07) is 2.31. The van der Waals surface area contributed by atoms with Crippen LogP contribution in [0.4, 0.5) is 0 Å². The van der Waals surface area contributed by atoms with Gasteiger partial charge in [0, 0.05) is 13.2 Å². The highest BCUT2D eigenvalue weighted by atomic mass is 16.5. The lowest BCUT2D eigenvalue weighted by atomic mass is 9.44. The maximum atomic E-state index is 10.2. The molecule has 0 bridgehead atoms. The Labute approximate surface area is 152 Å². The number of hydrogen-bond acceptors (Lipinski definition) is 3. The quantitative estimate of drug-likeness (QED) is 0.753. The number of ether oxygens (including phenoxy) is 1. The van der Waals surface area contributed by atoms with Gasteiger partial charge < -0.3 is 9.84 Å². The van der Waals surface area contributed by atoms with Crippen molar-refractivity contribution in [1.29, 1.82) is 5.26 Å². The second-order valence-electron chi connectivity index (χ2n) is 9.54. The molecule has 0 aromatic rings. The fourth-order valence-corrected chi connectivity index (χ4v) is 7.74. The van der Waals surface area contributed by atoms with Crippen molar-refractivity contribution in [2.75, 3.05) is 13.7 Å². The lowest BCUT2D eigenvalue weighted by molar-refractivity contribution is -0.151. The van der Waals surface area contributed by atoms with Gasteiger partial charge in [-0.15, -0.1) is 0 Å². The van der Waals surface area contributed by atoms with Gasteiger partial charge in [0.1, 0.15) is 0 Å². The number of hydrogen-bond donors (Lipinski definition) is 1. The van der Waals surface area contributed by atoms with Crippen LogP contribution >= 0.6 is 0 Å². The Morgan fingerprint density at radius 2 is 2.04 bits per heavy atom. The number of fused-ring (bicyclic) bond motifs is 5. The van der Waals surface area contributed by atoms with Gasteiger partial charge in [-0.25, -0.2) is 0 Å². The van der Waals surface area contributed by atoms with Crippen LogP contribution in [0.2, 0.25) is 0 Å². The van der Waals surface area contributed by atoms with Crippen molar-refractivity contribution in [3.63, 3.8) is 0 Å². The summed E-state index contributed by atoms with van der Waals surface area (Å²) in [5, 5.41) is 19.4. The smallest absolute Gasteiger partial charge is 0.0911 e. The van der Waals surface area contributed by atoms with Gasteiger partial charge >= 0.3 is 0 Å². The Kier molecular flexibility index (Phi) is 4.49. The number of nitrogens with zero attached hydrogens (tertiary/aromatic N) is 1. The molecule has 25 heavy (non-hydrogen) atoms. The zero-order chi connectivity index (χ0) is 17.7. The van der Waals surface area contributed by atoms with Crippen LogP contribution in [0.1, 0.15) is 64.7 Å². The van der Waals surface area contributed by atoms with E-state index in [4.69, 9.17) is 4.74 Å². The van der Waals surface area contributed by atoms with Gasteiger partial charge in [0.25, 0.3) is 0 Å². The summed E-state index contributed by atoms with van der Waals surface area (Å²) in [6.45, 7) is 3.31. The van der Waals surface area contributed by atoms with Crippen molar-refractivity contribution in [1.82, 2.24) is 0 Å². The largest absolute Gasteiger partial charge is 0.393 e. The summed E-state index contributed by atoms with van der Waals surface area (Å²) in [5.74, 6) is 2.91. The van der Waals surface area contributed by atoms with E-state index in [1.165, 1.54) is 37.7 Å². The van der Waals surface area contributed by atoms with Gasteiger partial charge in [-0.3, -0.25) is 0 Å². The maximum Gasteiger partial charge on any atom is 0.0911 e. The molecule has 4 rings (SSSR count). The van der Waals surface area contributed by atoms with Crippen LogP contribution in [0.5, 0.6) is 0 Å². The summed E-state index contributed by atoms with van der Waals surface area (Å²) in [7, 11) is 1.86. The second-order valence-corrected chi connectivity index (χ2v) is 9.54. The molecule has 4 fully saturated rings. The van der Waals surface area contributed by atoms with Crippen LogP contribution in [0.25, 0.3) is 0 Å². The minimum atomic E-state index is -0.1000. The molecule has 138 valence electrons. The predicted molar refractivity (Wildman–Crippen MR) is 97.6 cm³/mol. The van der Waals surface area contributed by atoms with E-state index in [0.717, 1.165) is 50.0 Å². The number of allylic oxidation sites excluding steroid dienone is 2. The Morgan fingerprint density at radius 3 is 2.80 bits per heavy atom. The molecule has 0 amide bonds. The van der Waals surface area contributed by atoms with E-state index in [-0.39, 0.29) is 11.5 Å². The third-order valence-corrected chi connectivity index (χ3v) is 8.84. The number of methoxy groups -OCH3 is 1. The van der Waals surface area contributed by atoms with E-state index in [2.05, 4.69) is 13.0 Å². The standard InChI is InChI=1S/C22H33NO2/c1-21-10-8-20-18(19(21)6-4-15(21)9-12-23)5-3-16-13-17(24)7-11-22(16,20)14-25-2/h9,16-20,24H,3-8,10-11,13-14H2,1-2H3/b15-9-/t16-,17+,18-,19-,20-,21+,22+/m0/s1. The first-order valence-electron chi connectivity index (χ1n) is 10.3. The normalized spacial score (nSPS) is 50.6. The highest BCUT2D eigenvalue weighted by Gasteiger charge is 2.60. The zero-order valence-electron chi connectivity index (χ0n) is 15.8. The molecule has 0 aromatic heterocycles. The van der Waals surface area contributed by atoms with Gasteiger partial charge in [-0.05, 0) is 92.3 Å². The predicted octanol–water partition coefficient (Wildman–Crippen LogP) is 4.47.